The van der Waals surface area contributed by atoms with E-state index in [2.05, 4.69) is 0 Å². The van der Waals surface area contributed by atoms with E-state index in [4.69, 9.17) is 25.9 Å². The van der Waals surface area contributed by atoms with E-state index in [1.54, 1.807) is 0 Å². The Labute approximate surface area is 104 Å². The zero-order valence-electron chi connectivity index (χ0n) is 9.40. The molecular weight excluding hydrogens is 258 g/mol. The first-order chi connectivity index (χ1) is 8.22. The minimum atomic E-state index is -4.22. The van der Waals surface area contributed by atoms with Crippen LogP contribution in [0.1, 0.15) is 5.56 Å². The molecule has 4 N–H and O–H groups in total. The fourth-order valence-corrected chi connectivity index (χ4v) is 1.64. The Kier molecular flexibility index (Phi) is 5.79. The van der Waals surface area contributed by atoms with Gasteiger partial charge in [0.05, 0.1) is 12.1 Å². The molecule has 0 saturated heterocycles. The van der Waals surface area contributed by atoms with Crippen molar-refractivity contribution >= 4 is 10.1 Å². The molecular formula is C10H11N3O4S. The van der Waals surface area contributed by atoms with Crippen LogP contribution in [0.4, 0.5) is 0 Å². The molecule has 0 unspecified atom stereocenters. The van der Waals surface area contributed by atoms with Crippen LogP contribution in [0.15, 0.2) is 23.1 Å². The summed E-state index contributed by atoms with van der Waals surface area (Å²) in [6, 6.07) is 5.88. The lowest BCUT2D eigenvalue weighted by Crippen LogP contribution is -2.12. The molecule has 0 heterocycles. The smallest absolute Gasteiger partial charge is 0.294 e. The van der Waals surface area contributed by atoms with E-state index in [-0.39, 0.29) is 10.6 Å². The Morgan fingerprint density at radius 1 is 1.33 bits per heavy atom. The molecule has 0 radical (unpaired) electrons. The second kappa shape index (κ2) is 6.57. The second-order valence-electron chi connectivity index (χ2n) is 3.16. The summed E-state index contributed by atoms with van der Waals surface area (Å²) in [5.74, 6) is -0.187. The van der Waals surface area contributed by atoms with Crippen LogP contribution in [0, 0.1) is 29.6 Å². The van der Waals surface area contributed by atoms with Gasteiger partial charge in [0.15, 0.2) is 6.04 Å². The van der Waals surface area contributed by atoms with Gasteiger partial charge in [0, 0.05) is 6.07 Å². The highest BCUT2D eigenvalue weighted by atomic mass is 32.2. The highest BCUT2D eigenvalue weighted by Crippen LogP contribution is 2.19. The van der Waals surface area contributed by atoms with E-state index in [1.165, 1.54) is 31.2 Å². The van der Waals surface area contributed by atoms with E-state index < -0.39 is 16.2 Å². The van der Waals surface area contributed by atoms with Gasteiger partial charge in [-0.1, -0.05) is 6.07 Å². The number of nitrogens with zero attached hydrogens (tertiary/aromatic N) is 2. The van der Waals surface area contributed by atoms with Crippen molar-refractivity contribution in [3.8, 4) is 17.9 Å². The highest BCUT2D eigenvalue weighted by molar-refractivity contribution is 7.85. The topological polar surface area (TPSA) is 148 Å². The number of aromatic hydroxyl groups is 1. The molecule has 0 aliphatic heterocycles. The maximum absolute atomic E-state index is 10.7. The molecule has 0 aromatic heterocycles. The van der Waals surface area contributed by atoms with Crippen LogP contribution in [-0.4, -0.2) is 24.1 Å². The van der Waals surface area contributed by atoms with Crippen LogP contribution >= 0.6 is 0 Å². The van der Waals surface area contributed by atoms with Gasteiger partial charge in [-0.3, -0.25) is 4.55 Å². The van der Waals surface area contributed by atoms with Crippen LogP contribution < -0.4 is 5.73 Å². The predicted octanol–water partition coefficient (Wildman–Crippen LogP) is 0.308. The zero-order chi connectivity index (χ0) is 14.3. The number of hydrogen-bond donors (Lipinski definition) is 3. The van der Waals surface area contributed by atoms with Crippen molar-refractivity contribution in [3.05, 3.63) is 23.8 Å². The Hall–Kier alpha value is -2.13. The fourth-order valence-electron chi connectivity index (χ4n) is 0.896. The molecule has 7 nitrogen and oxygen atoms in total. The van der Waals surface area contributed by atoms with Crippen molar-refractivity contribution in [1.29, 1.82) is 10.5 Å². The maximum Gasteiger partial charge on any atom is 0.294 e. The SMILES string of the molecule is Cc1ccc(O)cc1S(=O)(=O)O.N#CC(N)C#N. The van der Waals surface area contributed by atoms with Gasteiger partial charge in [-0.05, 0) is 18.6 Å². The van der Waals surface area contributed by atoms with Crippen molar-refractivity contribution in [2.24, 2.45) is 5.73 Å². The average Bonchev–Trinajstić information content (AvgIpc) is 2.30. The molecule has 0 spiro atoms. The first kappa shape index (κ1) is 15.9. The Morgan fingerprint density at radius 2 is 1.83 bits per heavy atom. The van der Waals surface area contributed by atoms with Crippen molar-refractivity contribution in [3.63, 3.8) is 0 Å². The standard InChI is InChI=1S/C7H8O4S.C3H3N3/c1-5-2-3-6(8)4-7(5)12(9,10)11;4-1-3(6)2-5/h2-4,8H,1H3,(H,9,10,11);3H,6H2. The number of phenols is 1. The van der Waals surface area contributed by atoms with Crippen molar-refractivity contribution in [1.82, 2.24) is 0 Å². The minimum absolute atomic E-state index is 0.187. The largest absolute Gasteiger partial charge is 0.508 e. The van der Waals surface area contributed by atoms with Gasteiger partial charge < -0.3 is 10.8 Å². The summed E-state index contributed by atoms with van der Waals surface area (Å²) in [6.45, 7) is 1.53. The summed E-state index contributed by atoms with van der Waals surface area (Å²) < 4.78 is 30.0. The van der Waals surface area contributed by atoms with Crippen LogP contribution in [-0.2, 0) is 10.1 Å². The third-order valence-electron chi connectivity index (χ3n) is 1.73. The van der Waals surface area contributed by atoms with Gasteiger partial charge in [0.1, 0.15) is 10.6 Å². The summed E-state index contributed by atoms with van der Waals surface area (Å²) in [4.78, 5) is -0.262. The molecule has 1 aromatic carbocycles. The van der Waals surface area contributed by atoms with Crippen molar-refractivity contribution in [2.45, 2.75) is 17.9 Å². The van der Waals surface area contributed by atoms with Crippen LogP contribution in [0.3, 0.4) is 0 Å². The van der Waals surface area contributed by atoms with Gasteiger partial charge in [-0.15, -0.1) is 0 Å². The average molecular weight is 269 g/mol. The molecule has 1 aromatic rings. The van der Waals surface area contributed by atoms with E-state index in [0.29, 0.717) is 5.56 Å². The molecule has 0 aliphatic carbocycles. The molecule has 96 valence electrons. The maximum atomic E-state index is 10.7. The molecule has 0 aliphatic rings. The number of rotatable bonds is 1. The molecule has 0 atom stereocenters. The Bertz CT molecular complexity index is 585. The lowest BCUT2D eigenvalue weighted by molar-refractivity contribution is 0.465. The number of nitrogens with two attached hydrogens (primary N) is 1. The van der Waals surface area contributed by atoms with Crippen molar-refractivity contribution in [2.75, 3.05) is 0 Å². The predicted molar refractivity (Wildman–Crippen MR) is 61.9 cm³/mol. The third kappa shape index (κ3) is 5.27. The third-order valence-corrected chi connectivity index (χ3v) is 2.72. The van der Waals surface area contributed by atoms with Gasteiger partial charge in [0.25, 0.3) is 10.1 Å². The van der Waals surface area contributed by atoms with Gasteiger partial charge >= 0.3 is 0 Å². The van der Waals surface area contributed by atoms with E-state index in [1.807, 2.05) is 0 Å². The lowest BCUT2D eigenvalue weighted by Gasteiger charge is -2.01. The summed E-state index contributed by atoms with van der Waals surface area (Å²) in [7, 11) is -4.22. The summed E-state index contributed by atoms with van der Waals surface area (Å²) in [5, 5.41) is 24.4. The van der Waals surface area contributed by atoms with Crippen LogP contribution in [0.2, 0.25) is 0 Å². The Morgan fingerprint density at radius 3 is 2.11 bits per heavy atom. The number of nitriles is 2. The van der Waals surface area contributed by atoms with Gasteiger partial charge in [-0.2, -0.15) is 18.9 Å². The van der Waals surface area contributed by atoms with Crippen LogP contribution in [0.25, 0.3) is 0 Å². The van der Waals surface area contributed by atoms with Gasteiger partial charge in [0.2, 0.25) is 0 Å². The highest BCUT2D eigenvalue weighted by Gasteiger charge is 2.12. The first-order valence-corrected chi connectivity index (χ1v) is 5.98. The van der Waals surface area contributed by atoms with E-state index >= 15 is 0 Å². The minimum Gasteiger partial charge on any atom is -0.508 e. The first-order valence-electron chi connectivity index (χ1n) is 4.54. The summed E-state index contributed by atoms with van der Waals surface area (Å²) >= 11 is 0. The number of benzene rings is 1. The van der Waals surface area contributed by atoms with E-state index in [0.717, 1.165) is 6.07 Å². The van der Waals surface area contributed by atoms with Crippen LogP contribution in [0.5, 0.6) is 5.75 Å². The lowest BCUT2D eigenvalue weighted by atomic mass is 10.2. The molecule has 1 rings (SSSR count). The van der Waals surface area contributed by atoms with E-state index in [9.17, 15) is 8.42 Å². The monoisotopic (exact) mass is 269 g/mol. The van der Waals surface area contributed by atoms with Gasteiger partial charge in [-0.25, -0.2) is 0 Å². The van der Waals surface area contributed by atoms with Crippen molar-refractivity contribution < 1.29 is 18.1 Å². The molecule has 8 heteroatoms. The fraction of sp³-hybridized carbons (Fsp3) is 0.200. The molecule has 0 fully saturated rings. The summed E-state index contributed by atoms with van der Waals surface area (Å²) in [5.41, 5.74) is 5.15. The number of hydrogen-bond acceptors (Lipinski definition) is 6. The zero-order valence-corrected chi connectivity index (χ0v) is 10.2. The normalized spacial score (nSPS) is 9.89. The molecule has 0 bridgehead atoms. The molecule has 0 saturated carbocycles. The molecule has 18 heavy (non-hydrogen) atoms. The molecule has 0 amide bonds. The summed E-state index contributed by atoms with van der Waals surface area (Å²) in [6.07, 6.45) is 0. The Balaban J connectivity index is 0.000000411. The number of aryl methyl sites for hydroxylation is 1. The second-order valence-corrected chi connectivity index (χ2v) is 4.55. The quantitative estimate of drug-likeness (QED) is 0.621. The number of phenolic OH excluding ortho intramolecular Hbond substituents is 1.